The van der Waals surface area contributed by atoms with Gasteiger partial charge in [0.05, 0.1) is 31.3 Å². The summed E-state index contributed by atoms with van der Waals surface area (Å²) in [5.74, 6) is -0.310. The molecule has 2 N–H and O–H groups in total. The summed E-state index contributed by atoms with van der Waals surface area (Å²) < 4.78 is 36.7. The molecule has 0 radical (unpaired) electrons. The number of carbonyl (C=O) groups is 1. The van der Waals surface area contributed by atoms with E-state index in [0.717, 1.165) is 49.0 Å². The van der Waals surface area contributed by atoms with E-state index in [-0.39, 0.29) is 5.97 Å². The molecule has 2 heterocycles. The quantitative estimate of drug-likeness (QED) is 0.179. The second-order valence-corrected chi connectivity index (χ2v) is 12.5. The van der Waals surface area contributed by atoms with Crippen LogP contribution in [-0.4, -0.2) is 76.6 Å². The van der Waals surface area contributed by atoms with Gasteiger partial charge in [0.15, 0.2) is 0 Å². The van der Waals surface area contributed by atoms with E-state index in [1.165, 1.54) is 15.8 Å². The molecule has 0 amide bonds. The average Bonchev–Trinajstić information content (AvgIpc) is 3.38. The van der Waals surface area contributed by atoms with Crippen molar-refractivity contribution in [1.29, 1.82) is 0 Å². The highest BCUT2D eigenvalue weighted by atomic mass is 32.2. The van der Waals surface area contributed by atoms with Crippen molar-refractivity contribution >= 4 is 33.0 Å². The smallest absolute Gasteiger partial charge is 0.348 e. The van der Waals surface area contributed by atoms with Gasteiger partial charge in [-0.2, -0.15) is 0 Å². The molecule has 212 valence electrons. The minimum Gasteiger partial charge on any atom is -0.460 e. The van der Waals surface area contributed by atoms with Crippen molar-refractivity contribution < 1.29 is 27.8 Å². The molecule has 0 saturated carbocycles. The molecule has 1 unspecified atom stereocenters. The summed E-state index contributed by atoms with van der Waals surface area (Å²) in [6, 6.07) is 10.7. The number of carbonyl (C=O) groups excluding carboxylic acids is 1. The fraction of sp³-hybridized carbons (Fsp3) is 0.593. The Bertz CT molecular complexity index is 1080. The van der Waals surface area contributed by atoms with Gasteiger partial charge >= 0.3 is 5.97 Å². The van der Waals surface area contributed by atoms with Crippen LogP contribution in [0, 0.1) is 0 Å². The Labute approximate surface area is 230 Å². The molecule has 0 spiro atoms. The zero-order chi connectivity index (χ0) is 27.4. The summed E-state index contributed by atoms with van der Waals surface area (Å²) in [5, 5.41) is 10.4. The minimum atomic E-state index is -3.55. The highest BCUT2D eigenvalue weighted by Gasteiger charge is 2.18. The molecular formula is C27H41N3O6S2. The lowest BCUT2D eigenvalue weighted by Gasteiger charge is -2.26. The predicted molar refractivity (Wildman–Crippen MR) is 151 cm³/mol. The Hall–Kier alpha value is -2.02. The van der Waals surface area contributed by atoms with Crippen molar-refractivity contribution in [3.05, 3.63) is 51.7 Å². The van der Waals surface area contributed by atoms with Crippen LogP contribution in [0.15, 0.2) is 36.4 Å². The van der Waals surface area contributed by atoms with Gasteiger partial charge in [-0.05, 0) is 49.1 Å². The second-order valence-electron chi connectivity index (χ2n) is 9.50. The number of nitrogens with one attached hydrogen (secondary N) is 1. The third kappa shape index (κ3) is 9.94. The van der Waals surface area contributed by atoms with Crippen molar-refractivity contribution in [3.63, 3.8) is 0 Å². The van der Waals surface area contributed by atoms with Gasteiger partial charge in [-0.1, -0.05) is 38.3 Å². The largest absolute Gasteiger partial charge is 0.460 e. The van der Waals surface area contributed by atoms with Crippen LogP contribution >= 0.6 is 11.3 Å². The first kappa shape index (κ1) is 30.5. The van der Waals surface area contributed by atoms with E-state index in [0.29, 0.717) is 62.7 Å². The Morgan fingerprint density at radius 3 is 2.58 bits per heavy atom. The number of anilines is 1. The maximum atomic E-state index is 12.4. The Morgan fingerprint density at radius 1 is 1.16 bits per heavy atom. The number of morpholine rings is 1. The van der Waals surface area contributed by atoms with Gasteiger partial charge in [-0.3, -0.25) is 4.90 Å². The lowest BCUT2D eigenvalue weighted by atomic mass is 10.0. The first-order chi connectivity index (χ1) is 18.3. The van der Waals surface area contributed by atoms with Crippen molar-refractivity contribution in [2.45, 2.75) is 51.6 Å². The first-order valence-corrected chi connectivity index (χ1v) is 16.0. The Morgan fingerprint density at radius 2 is 1.89 bits per heavy atom. The standard InChI is InChI=1S/C27H41N3O6S2/c1-3-4-5-8-25(31)22-9-11-23(12-10-22)30(38(2,33)34)28-15-6-7-24-13-14-26(37-24)27(32)36-21-18-29-16-19-35-20-17-29/h9-14,25,28,31H,3-8,15-21H2,1-2H3. The van der Waals surface area contributed by atoms with Gasteiger partial charge in [-0.15, -0.1) is 11.3 Å². The number of hydrogen-bond acceptors (Lipinski definition) is 9. The minimum absolute atomic E-state index is 0.310. The molecule has 9 nitrogen and oxygen atoms in total. The monoisotopic (exact) mass is 567 g/mol. The Kier molecular flexibility index (Phi) is 12.5. The molecule has 1 aliphatic rings. The normalized spacial score (nSPS) is 15.3. The van der Waals surface area contributed by atoms with Crippen LogP contribution < -0.4 is 9.84 Å². The van der Waals surface area contributed by atoms with Crippen LogP contribution in [0.3, 0.4) is 0 Å². The number of hydrogen-bond donors (Lipinski definition) is 2. The second kappa shape index (κ2) is 15.5. The van der Waals surface area contributed by atoms with E-state index >= 15 is 0 Å². The molecule has 1 aromatic carbocycles. The molecule has 1 aliphatic heterocycles. The number of sulfonamides is 1. The van der Waals surface area contributed by atoms with E-state index in [1.54, 1.807) is 30.3 Å². The molecule has 38 heavy (non-hydrogen) atoms. The van der Waals surface area contributed by atoms with Crippen molar-refractivity contribution in [2.24, 2.45) is 0 Å². The van der Waals surface area contributed by atoms with Crippen LogP contribution in [0.5, 0.6) is 0 Å². The molecule has 0 bridgehead atoms. The van der Waals surface area contributed by atoms with Crippen LogP contribution in [0.1, 0.15) is 65.2 Å². The number of nitrogens with zero attached hydrogens (tertiary/aromatic N) is 2. The van der Waals surface area contributed by atoms with Crippen LogP contribution in [-0.2, 0) is 25.9 Å². The van der Waals surface area contributed by atoms with Crippen molar-refractivity contribution in [3.8, 4) is 0 Å². The summed E-state index contributed by atoms with van der Waals surface area (Å²) in [7, 11) is -3.55. The van der Waals surface area contributed by atoms with E-state index < -0.39 is 16.1 Å². The number of thiophene rings is 1. The third-order valence-electron chi connectivity index (χ3n) is 6.39. The number of unbranched alkanes of at least 4 members (excludes halogenated alkanes) is 2. The number of benzene rings is 1. The van der Waals surface area contributed by atoms with Crippen LogP contribution in [0.2, 0.25) is 0 Å². The Balaban J connectivity index is 1.43. The maximum absolute atomic E-state index is 12.4. The lowest BCUT2D eigenvalue weighted by Crippen LogP contribution is -2.43. The van der Waals surface area contributed by atoms with Gasteiger partial charge in [-0.25, -0.2) is 23.1 Å². The molecule has 0 aliphatic carbocycles. The lowest BCUT2D eigenvalue weighted by molar-refractivity contribution is 0.0197. The zero-order valence-electron chi connectivity index (χ0n) is 22.4. The fourth-order valence-electron chi connectivity index (χ4n) is 4.21. The summed E-state index contributed by atoms with van der Waals surface area (Å²) in [4.78, 5) is 16.2. The highest BCUT2D eigenvalue weighted by molar-refractivity contribution is 7.92. The predicted octanol–water partition coefficient (Wildman–Crippen LogP) is 3.75. The molecule has 11 heteroatoms. The summed E-state index contributed by atoms with van der Waals surface area (Å²) >= 11 is 1.41. The number of aliphatic hydroxyl groups is 1. The molecule has 1 aromatic heterocycles. The third-order valence-corrected chi connectivity index (χ3v) is 8.52. The molecule has 3 rings (SSSR count). The van der Waals surface area contributed by atoms with E-state index in [1.807, 2.05) is 6.07 Å². The van der Waals surface area contributed by atoms with Crippen molar-refractivity contribution in [2.75, 3.05) is 56.7 Å². The van der Waals surface area contributed by atoms with Crippen LogP contribution in [0.25, 0.3) is 0 Å². The summed E-state index contributed by atoms with van der Waals surface area (Å²) in [6.07, 6.45) is 5.82. The highest BCUT2D eigenvalue weighted by Crippen LogP contribution is 2.24. The molecule has 1 atom stereocenters. The number of esters is 1. The van der Waals surface area contributed by atoms with Gasteiger partial charge in [0.2, 0.25) is 10.0 Å². The number of ether oxygens (including phenoxy) is 2. The SMILES string of the molecule is CCCCCC(O)c1ccc(N(NCCCc2ccc(C(=O)OCCN3CCOCC3)s2)S(C)(=O)=O)cc1. The molecular weight excluding hydrogens is 526 g/mol. The topological polar surface area (TPSA) is 108 Å². The van der Waals surface area contributed by atoms with E-state index in [2.05, 4.69) is 17.2 Å². The van der Waals surface area contributed by atoms with E-state index in [9.17, 15) is 18.3 Å². The van der Waals surface area contributed by atoms with Gasteiger partial charge in [0, 0.05) is 31.1 Å². The number of aryl methyl sites for hydroxylation is 1. The van der Waals surface area contributed by atoms with Crippen LogP contribution in [0.4, 0.5) is 5.69 Å². The molecule has 1 saturated heterocycles. The number of aliphatic hydroxyl groups excluding tert-OH is 1. The van der Waals surface area contributed by atoms with Gasteiger partial charge in [0.25, 0.3) is 0 Å². The zero-order valence-corrected chi connectivity index (χ0v) is 24.1. The number of hydrazine groups is 1. The van der Waals surface area contributed by atoms with Crippen molar-refractivity contribution in [1.82, 2.24) is 10.3 Å². The van der Waals surface area contributed by atoms with Gasteiger partial charge in [0.1, 0.15) is 11.5 Å². The van der Waals surface area contributed by atoms with E-state index in [4.69, 9.17) is 9.47 Å². The molecule has 2 aromatic rings. The fourth-order valence-corrected chi connectivity index (χ4v) is 5.99. The average molecular weight is 568 g/mol. The summed E-state index contributed by atoms with van der Waals surface area (Å²) in [6.45, 7) is 6.78. The van der Waals surface area contributed by atoms with Gasteiger partial charge < -0.3 is 14.6 Å². The summed E-state index contributed by atoms with van der Waals surface area (Å²) in [5.41, 5.74) is 4.29. The molecule has 1 fully saturated rings. The maximum Gasteiger partial charge on any atom is 0.348 e. The number of rotatable bonds is 16. The first-order valence-electron chi connectivity index (χ1n) is 13.4.